The van der Waals surface area contributed by atoms with E-state index >= 15 is 0 Å². The Morgan fingerprint density at radius 1 is 1.00 bits per heavy atom. The van der Waals surface area contributed by atoms with Crippen LogP contribution in [0.4, 0.5) is 13.2 Å². The number of hydrogen-bond acceptors (Lipinski definition) is 1. The summed E-state index contributed by atoms with van der Waals surface area (Å²) in [4.78, 5) is 0. The first-order valence-electron chi connectivity index (χ1n) is 6.20. The molecule has 1 aromatic rings. The lowest BCUT2D eigenvalue weighted by atomic mass is 10.1. The number of rotatable bonds is 2. The van der Waals surface area contributed by atoms with Gasteiger partial charge in [-0.3, -0.25) is 0 Å². The van der Waals surface area contributed by atoms with Crippen LogP contribution >= 0.6 is 0 Å². The third kappa shape index (κ3) is 9.05. The zero-order chi connectivity index (χ0) is 14.8. The first kappa shape index (κ1) is 19.3. The molecule has 0 aliphatic carbocycles. The molecule has 0 spiro atoms. The fourth-order valence-electron chi connectivity index (χ4n) is 1.13. The van der Waals surface area contributed by atoms with Crippen molar-refractivity contribution in [2.75, 3.05) is 0 Å². The van der Waals surface area contributed by atoms with Crippen molar-refractivity contribution in [3.63, 3.8) is 0 Å². The minimum atomic E-state index is -4.33. The van der Waals surface area contributed by atoms with E-state index in [2.05, 4.69) is 0 Å². The van der Waals surface area contributed by atoms with Crippen molar-refractivity contribution in [2.45, 2.75) is 53.3 Å². The molecule has 4 heteroatoms. The fourth-order valence-corrected chi connectivity index (χ4v) is 1.13. The lowest BCUT2D eigenvalue weighted by molar-refractivity contribution is -0.154. The van der Waals surface area contributed by atoms with E-state index in [1.165, 1.54) is 12.1 Å². The highest BCUT2D eigenvalue weighted by molar-refractivity contribution is 5.23. The highest BCUT2D eigenvalue weighted by Gasteiger charge is 2.31. The van der Waals surface area contributed by atoms with Crippen LogP contribution in [0.5, 0.6) is 0 Å². The summed E-state index contributed by atoms with van der Waals surface area (Å²) in [6.45, 7) is 9.83. The summed E-state index contributed by atoms with van der Waals surface area (Å²) < 4.78 is 35.7. The number of aliphatic hydroxyl groups is 1. The van der Waals surface area contributed by atoms with Gasteiger partial charge in [0.15, 0.2) is 0 Å². The minimum absolute atomic E-state index is 0.299. The third-order valence-electron chi connectivity index (χ3n) is 1.89. The van der Waals surface area contributed by atoms with Crippen molar-refractivity contribution in [3.8, 4) is 0 Å². The molecule has 0 aliphatic heterocycles. The second-order valence-electron chi connectivity index (χ2n) is 3.25. The Balaban J connectivity index is 0. The van der Waals surface area contributed by atoms with Gasteiger partial charge < -0.3 is 5.11 Å². The number of aliphatic hydroxyl groups excluding tert-OH is 1. The summed E-state index contributed by atoms with van der Waals surface area (Å²) >= 11 is 0. The van der Waals surface area contributed by atoms with Crippen LogP contribution in [0.3, 0.4) is 0 Å². The average molecular weight is 264 g/mol. The largest absolute Gasteiger partial charge is 0.391 e. The molecule has 0 saturated heterocycles. The Morgan fingerprint density at radius 2 is 1.39 bits per heavy atom. The van der Waals surface area contributed by atoms with Crippen LogP contribution in [0.1, 0.15) is 51.3 Å². The van der Waals surface area contributed by atoms with Gasteiger partial charge >= 0.3 is 6.18 Å². The summed E-state index contributed by atoms with van der Waals surface area (Å²) in [5, 5.41) is 9.23. The van der Waals surface area contributed by atoms with Crippen LogP contribution in [-0.4, -0.2) is 11.3 Å². The van der Waals surface area contributed by atoms with E-state index in [0.717, 1.165) is 5.56 Å². The van der Waals surface area contributed by atoms with Crippen molar-refractivity contribution in [1.82, 2.24) is 0 Å². The van der Waals surface area contributed by atoms with E-state index < -0.39 is 18.7 Å². The van der Waals surface area contributed by atoms with Crippen LogP contribution in [0.15, 0.2) is 24.3 Å². The topological polar surface area (TPSA) is 20.2 Å². The van der Waals surface area contributed by atoms with Gasteiger partial charge in [0.1, 0.15) is 0 Å². The van der Waals surface area contributed by atoms with E-state index in [1.807, 2.05) is 34.6 Å². The zero-order valence-corrected chi connectivity index (χ0v) is 11.7. The molecular formula is C14H23F3O. The van der Waals surface area contributed by atoms with Gasteiger partial charge in [-0.25, -0.2) is 0 Å². The molecule has 0 bridgehead atoms. The van der Waals surface area contributed by atoms with Gasteiger partial charge in [0, 0.05) is 0 Å². The van der Waals surface area contributed by atoms with Gasteiger partial charge in [-0.05, 0) is 12.5 Å². The summed E-state index contributed by atoms with van der Waals surface area (Å²) in [5.41, 5.74) is 1.25. The molecule has 1 rings (SSSR count). The number of halogens is 3. The maximum absolute atomic E-state index is 11.9. The van der Waals surface area contributed by atoms with E-state index in [4.69, 9.17) is 0 Å². The Hall–Kier alpha value is -1.03. The SMILES string of the molecule is CC.CC.Cc1ccc(C(O)CC(F)(F)F)cc1. The van der Waals surface area contributed by atoms with Crippen molar-refractivity contribution in [3.05, 3.63) is 35.4 Å². The molecule has 1 aromatic carbocycles. The van der Waals surface area contributed by atoms with E-state index in [9.17, 15) is 18.3 Å². The molecular weight excluding hydrogens is 241 g/mol. The maximum Gasteiger partial charge on any atom is 0.391 e. The van der Waals surface area contributed by atoms with Gasteiger partial charge in [-0.15, -0.1) is 0 Å². The van der Waals surface area contributed by atoms with E-state index in [0.29, 0.717) is 5.56 Å². The highest BCUT2D eigenvalue weighted by atomic mass is 19.4. The van der Waals surface area contributed by atoms with Gasteiger partial charge in [0.05, 0.1) is 12.5 Å². The predicted molar refractivity (Wildman–Crippen MR) is 69.5 cm³/mol. The fraction of sp³-hybridized carbons (Fsp3) is 0.571. The highest BCUT2D eigenvalue weighted by Crippen LogP contribution is 2.29. The van der Waals surface area contributed by atoms with Crippen LogP contribution in [-0.2, 0) is 0 Å². The predicted octanol–water partition coefficient (Wildman–Crippen LogP) is 5.03. The molecule has 18 heavy (non-hydrogen) atoms. The molecule has 0 aliphatic rings. The van der Waals surface area contributed by atoms with Crippen LogP contribution in [0.2, 0.25) is 0 Å². The van der Waals surface area contributed by atoms with Crippen molar-refractivity contribution in [1.29, 1.82) is 0 Å². The number of benzene rings is 1. The van der Waals surface area contributed by atoms with Crippen molar-refractivity contribution in [2.24, 2.45) is 0 Å². The monoisotopic (exact) mass is 264 g/mol. The van der Waals surface area contributed by atoms with E-state index in [1.54, 1.807) is 12.1 Å². The van der Waals surface area contributed by atoms with Gasteiger partial charge in [0.2, 0.25) is 0 Å². The maximum atomic E-state index is 11.9. The Morgan fingerprint density at radius 3 is 1.72 bits per heavy atom. The first-order chi connectivity index (χ1) is 8.38. The lowest BCUT2D eigenvalue weighted by Crippen LogP contribution is -2.13. The molecule has 1 N–H and O–H groups in total. The molecule has 0 heterocycles. The zero-order valence-electron chi connectivity index (χ0n) is 11.7. The van der Waals surface area contributed by atoms with Gasteiger partial charge in [-0.1, -0.05) is 57.5 Å². The summed E-state index contributed by atoms with van der Waals surface area (Å²) in [6, 6.07) is 6.36. The van der Waals surface area contributed by atoms with Crippen molar-refractivity contribution < 1.29 is 18.3 Å². The Labute approximate surface area is 108 Å². The molecule has 1 atom stereocenters. The molecule has 106 valence electrons. The summed E-state index contributed by atoms with van der Waals surface area (Å²) in [7, 11) is 0. The third-order valence-corrected chi connectivity index (χ3v) is 1.89. The Kier molecular flexibility index (Phi) is 10.7. The molecule has 0 amide bonds. The van der Waals surface area contributed by atoms with Crippen LogP contribution in [0.25, 0.3) is 0 Å². The second kappa shape index (κ2) is 9.95. The second-order valence-corrected chi connectivity index (χ2v) is 3.25. The minimum Gasteiger partial charge on any atom is -0.388 e. The quantitative estimate of drug-likeness (QED) is 0.794. The summed E-state index contributed by atoms with van der Waals surface area (Å²) in [5.74, 6) is 0. The standard InChI is InChI=1S/C10H11F3O.2C2H6/c1-7-2-4-8(5-3-7)9(14)6-10(11,12)13;2*1-2/h2-5,9,14H,6H2,1H3;2*1-2H3. The molecule has 0 saturated carbocycles. The molecule has 0 aromatic heterocycles. The van der Waals surface area contributed by atoms with Crippen molar-refractivity contribution >= 4 is 0 Å². The smallest absolute Gasteiger partial charge is 0.388 e. The number of alkyl halides is 3. The number of aryl methyl sites for hydroxylation is 1. The van der Waals surface area contributed by atoms with E-state index in [-0.39, 0.29) is 0 Å². The first-order valence-corrected chi connectivity index (χ1v) is 6.20. The summed E-state index contributed by atoms with van der Waals surface area (Å²) in [6.07, 6.45) is -6.99. The molecule has 0 fully saturated rings. The average Bonchev–Trinajstić information content (AvgIpc) is 2.33. The van der Waals surface area contributed by atoms with Gasteiger partial charge in [-0.2, -0.15) is 13.2 Å². The number of hydrogen-bond donors (Lipinski definition) is 1. The lowest BCUT2D eigenvalue weighted by Gasteiger charge is -2.13. The van der Waals surface area contributed by atoms with Crippen LogP contribution in [0, 0.1) is 6.92 Å². The normalized spacial score (nSPS) is 11.6. The Bertz CT molecular complexity index is 291. The van der Waals surface area contributed by atoms with Gasteiger partial charge in [0.25, 0.3) is 0 Å². The van der Waals surface area contributed by atoms with Crippen LogP contribution < -0.4 is 0 Å². The molecule has 0 radical (unpaired) electrons. The molecule has 1 nitrogen and oxygen atoms in total. The molecule has 1 unspecified atom stereocenters.